The van der Waals surface area contributed by atoms with E-state index in [0.29, 0.717) is 25.5 Å². The molecular formula is C14H25NO3. The molecular weight excluding hydrogens is 230 g/mol. The van der Waals surface area contributed by atoms with Crippen LogP contribution in [0, 0.1) is 0 Å². The number of rotatable bonds is 3. The van der Waals surface area contributed by atoms with Gasteiger partial charge in [0.25, 0.3) is 0 Å². The molecule has 104 valence electrons. The lowest BCUT2D eigenvalue weighted by atomic mass is 9.80. The summed E-state index contributed by atoms with van der Waals surface area (Å²) < 4.78 is 10.8. The molecule has 1 unspecified atom stereocenters. The lowest BCUT2D eigenvalue weighted by molar-refractivity contribution is -0.162. The summed E-state index contributed by atoms with van der Waals surface area (Å²) in [6.07, 6.45) is 6.24. The van der Waals surface area contributed by atoms with Gasteiger partial charge in [0.05, 0.1) is 12.7 Å². The topological polar surface area (TPSA) is 47.6 Å². The van der Waals surface area contributed by atoms with Gasteiger partial charge in [-0.25, -0.2) is 0 Å². The molecule has 1 aliphatic heterocycles. The third kappa shape index (κ3) is 2.86. The van der Waals surface area contributed by atoms with Gasteiger partial charge in [0.2, 0.25) is 0 Å². The smallest absolute Gasteiger partial charge is 0.326 e. The van der Waals surface area contributed by atoms with Crippen molar-refractivity contribution >= 4 is 5.97 Å². The van der Waals surface area contributed by atoms with Gasteiger partial charge < -0.3 is 9.47 Å². The van der Waals surface area contributed by atoms with Gasteiger partial charge in [-0.15, -0.1) is 0 Å². The Kier molecular flexibility index (Phi) is 3.97. The summed E-state index contributed by atoms with van der Waals surface area (Å²) in [5.74, 6) is -0.134. The van der Waals surface area contributed by atoms with Gasteiger partial charge in [0, 0.05) is 19.1 Å². The molecule has 0 aromatic rings. The first kappa shape index (κ1) is 13.8. The van der Waals surface area contributed by atoms with Crippen LogP contribution in [0.15, 0.2) is 0 Å². The highest BCUT2D eigenvalue weighted by molar-refractivity contribution is 5.81. The molecule has 1 saturated carbocycles. The molecule has 1 saturated heterocycles. The molecule has 2 rings (SSSR count). The van der Waals surface area contributed by atoms with Gasteiger partial charge in [-0.3, -0.25) is 10.1 Å². The van der Waals surface area contributed by atoms with Crippen molar-refractivity contribution in [2.24, 2.45) is 0 Å². The molecule has 2 fully saturated rings. The third-order valence-electron chi connectivity index (χ3n) is 4.16. The van der Waals surface area contributed by atoms with E-state index in [0.717, 1.165) is 0 Å². The van der Waals surface area contributed by atoms with Crippen LogP contribution in [0.2, 0.25) is 0 Å². The van der Waals surface area contributed by atoms with Gasteiger partial charge in [0.15, 0.2) is 0 Å². The Morgan fingerprint density at radius 1 is 1.33 bits per heavy atom. The molecule has 0 aromatic heterocycles. The Labute approximate surface area is 109 Å². The van der Waals surface area contributed by atoms with Crippen molar-refractivity contribution in [2.75, 3.05) is 13.7 Å². The highest BCUT2D eigenvalue weighted by Gasteiger charge is 2.48. The molecule has 4 heteroatoms. The van der Waals surface area contributed by atoms with Crippen molar-refractivity contribution in [3.05, 3.63) is 0 Å². The van der Waals surface area contributed by atoms with Crippen molar-refractivity contribution < 1.29 is 14.3 Å². The van der Waals surface area contributed by atoms with Crippen molar-refractivity contribution in [3.8, 4) is 0 Å². The molecule has 0 spiro atoms. The molecule has 1 atom stereocenters. The molecule has 0 bridgehead atoms. The highest BCUT2D eigenvalue weighted by atomic mass is 16.5. The summed E-state index contributed by atoms with van der Waals surface area (Å²) in [6, 6.07) is 0.456. The van der Waals surface area contributed by atoms with Crippen LogP contribution in [0.1, 0.15) is 52.4 Å². The number of esters is 1. The average Bonchev–Trinajstić information content (AvgIpc) is 2.79. The predicted octanol–water partition coefficient (Wildman–Crippen LogP) is 2.02. The van der Waals surface area contributed by atoms with E-state index in [1.165, 1.54) is 32.8 Å². The first-order valence-corrected chi connectivity index (χ1v) is 6.98. The average molecular weight is 255 g/mol. The minimum Gasteiger partial charge on any atom is -0.468 e. The number of hydrogen-bond acceptors (Lipinski definition) is 4. The number of hydrogen-bond donors (Lipinski definition) is 1. The zero-order valence-electron chi connectivity index (χ0n) is 11.8. The fourth-order valence-electron chi connectivity index (χ4n) is 3.38. The van der Waals surface area contributed by atoms with E-state index in [1.54, 1.807) is 0 Å². The van der Waals surface area contributed by atoms with E-state index < -0.39 is 5.54 Å². The van der Waals surface area contributed by atoms with Crippen LogP contribution in [-0.4, -0.2) is 36.9 Å². The van der Waals surface area contributed by atoms with Gasteiger partial charge in [-0.05, 0) is 33.1 Å². The SMILES string of the molecule is COC(=O)C1(NC2CCCC2)CCOC(C)(C)C1. The van der Waals surface area contributed by atoms with Crippen molar-refractivity contribution in [3.63, 3.8) is 0 Å². The van der Waals surface area contributed by atoms with Crippen LogP contribution in [0.25, 0.3) is 0 Å². The van der Waals surface area contributed by atoms with E-state index in [9.17, 15) is 4.79 Å². The zero-order chi connectivity index (χ0) is 13.2. The second-order valence-corrected chi connectivity index (χ2v) is 6.23. The number of carbonyl (C=O) groups is 1. The van der Waals surface area contributed by atoms with Crippen molar-refractivity contribution in [1.29, 1.82) is 0 Å². The zero-order valence-corrected chi connectivity index (χ0v) is 11.8. The summed E-state index contributed by atoms with van der Waals surface area (Å²) in [7, 11) is 1.48. The Morgan fingerprint density at radius 3 is 2.56 bits per heavy atom. The van der Waals surface area contributed by atoms with Gasteiger partial charge in [-0.2, -0.15) is 0 Å². The molecule has 1 heterocycles. The Morgan fingerprint density at radius 2 is 2.00 bits per heavy atom. The van der Waals surface area contributed by atoms with Crippen LogP contribution < -0.4 is 5.32 Å². The molecule has 2 aliphatic rings. The first-order chi connectivity index (χ1) is 8.47. The molecule has 1 aliphatic carbocycles. The quantitative estimate of drug-likeness (QED) is 0.784. The summed E-state index contributed by atoms with van der Waals surface area (Å²) in [4.78, 5) is 12.2. The third-order valence-corrected chi connectivity index (χ3v) is 4.16. The minimum atomic E-state index is -0.550. The standard InChI is InChI=1S/C14H25NO3/c1-13(2)10-14(8-9-18-13,12(16)17-3)15-11-6-4-5-7-11/h11,15H,4-10H2,1-3H3. The number of methoxy groups -OCH3 is 1. The fraction of sp³-hybridized carbons (Fsp3) is 0.929. The number of nitrogens with one attached hydrogen (secondary N) is 1. The van der Waals surface area contributed by atoms with E-state index in [-0.39, 0.29) is 11.6 Å². The second kappa shape index (κ2) is 5.17. The maximum Gasteiger partial charge on any atom is 0.326 e. The summed E-state index contributed by atoms with van der Waals surface area (Å²) in [5, 5.41) is 3.58. The van der Waals surface area contributed by atoms with E-state index in [4.69, 9.17) is 9.47 Å². The van der Waals surface area contributed by atoms with Crippen LogP contribution in [-0.2, 0) is 14.3 Å². The van der Waals surface area contributed by atoms with Crippen molar-refractivity contribution in [2.45, 2.75) is 69.6 Å². The molecule has 4 nitrogen and oxygen atoms in total. The van der Waals surface area contributed by atoms with Crippen LogP contribution >= 0.6 is 0 Å². The largest absolute Gasteiger partial charge is 0.468 e. The van der Waals surface area contributed by atoms with Gasteiger partial charge in [-0.1, -0.05) is 12.8 Å². The van der Waals surface area contributed by atoms with E-state index >= 15 is 0 Å². The highest BCUT2D eigenvalue weighted by Crippen LogP contribution is 2.35. The van der Waals surface area contributed by atoms with Gasteiger partial charge in [0.1, 0.15) is 5.54 Å². The maximum atomic E-state index is 12.2. The fourth-order valence-corrected chi connectivity index (χ4v) is 3.38. The summed E-state index contributed by atoms with van der Waals surface area (Å²) in [6.45, 7) is 4.70. The summed E-state index contributed by atoms with van der Waals surface area (Å²) >= 11 is 0. The lowest BCUT2D eigenvalue weighted by Crippen LogP contribution is -2.62. The first-order valence-electron chi connectivity index (χ1n) is 6.98. The predicted molar refractivity (Wildman–Crippen MR) is 69.4 cm³/mol. The molecule has 1 N–H and O–H groups in total. The summed E-state index contributed by atoms with van der Waals surface area (Å²) in [5.41, 5.74) is -0.816. The molecule has 0 radical (unpaired) electrons. The van der Waals surface area contributed by atoms with Crippen LogP contribution in [0.5, 0.6) is 0 Å². The Bertz CT molecular complexity index is 310. The lowest BCUT2D eigenvalue weighted by Gasteiger charge is -2.44. The van der Waals surface area contributed by atoms with E-state index in [2.05, 4.69) is 5.32 Å². The maximum absolute atomic E-state index is 12.2. The number of ether oxygens (including phenoxy) is 2. The number of carbonyl (C=O) groups excluding carboxylic acids is 1. The monoisotopic (exact) mass is 255 g/mol. The second-order valence-electron chi connectivity index (χ2n) is 6.23. The molecule has 18 heavy (non-hydrogen) atoms. The molecule has 0 aromatic carbocycles. The van der Waals surface area contributed by atoms with Crippen molar-refractivity contribution in [1.82, 2.24) is 5.32 Å². The molecule has 0 amide bonds. The minimum absolute atomic E-state index is 0.134. The van der Waals surface area contributed by atoms with Crippen LogP contribution in [0.4, 0.5) is 0 Å². The van der Waals surface area contributed by atoms with Gasteiger partial charge >= 0.3 is 5.97 Å². The Hall–Kier alpha value is -0.610. The normalized spacial score (nSPS) is 32.4. The Balaban J connectivity index is 2.14. The van der Waals surface area contributed by atoms with Crippen LogP contribution in [0.3, 0.4) is 0 Å². The van der Waals surface area contributed by atoms with E-state index in [1.807, 2.05) is 13.8 Å².